The number of nitrogens with zero attached hydrogens (tertiary/aromatic N) is 1. The third-order valence-electron chi connectivity index (χ3n) is 4.29. The molecule has 2 rings (SSSR count). The Hall–Kier alpha value is -1.18. The first-order valence-electron chi connectivity index (χ1n) is 6.92. The molecule has 0 amide bonds. The number of nitrogen functional groups attached to an aromatic ring is 1. The first-order valence-corrected chi connectivity index (χ1v) is 8.41. The van der Waals surface area contributed by atoms with Gasteiger partial charge in [0.15, 0.2) is 0 Å². The summed E-state index contributed by atoms with van der Waals surface area (Å²) in [7, 11) is -3.61. The fourth-order valence-corrected chi connectivity index (χ4v) is 4.44. The van der Waals surface area contributed by atoms with Crippen molar-refractivity contribution in [3.8, 4) is 0 Å². The van der Waals surface area contributed by atoms with Crippen molar-refractivity contribution in [2.75, 3.05) is 5.43 Å². The molecule has 0 spiro atoms. The lowest BCUT2D eigenvalue weighted by Gasteiger charge is -2.21. The Morgan fingerprint density at radius 3 is 2.80 bits per heavy atom. The van der Waals surface area contributed by atoms with Gasteiger partial charge in [-0.05, 0) is 30.7 Å². The number of sulfonamides is 1. The summed E-state index contributed by atoms with van der Waals surface area (Å²) in [5.74, 6) is 6.29. The summed E-state index contributed by atoms with van der Waals surface area (Å²) < 4.78 is 27.7. The van der Waals surface area contributed by atoms with Gasteiger partial charge in [0, 0.05) is 18.4 Å². The van der Waals surface area contributed by atoms with Gasteiger partial charge in [0.25, 0.3) is 0 Å². The van der Waals surface area contributed by atoms with Crippen LogP contribution in [0.15, 0.2) is 23.4 Å². The average Bonchev–Trinajstić information content (AvgIpc) is 2.79. The van der Waals surface area contributed by atoms with Gasteiger partial charge in [-0.25, -0.2) is 13.1 Å². The Morgan fingerprint density at radius 1 is 1.45 bits per heavy atom. The van der Waals surface area contributed by atoms with Gasteiger partial charge in [-0.15, -0.1) is 0 Å². The summed E-state index contributed by atoms with van der Waals surface area (Å²) in [4.78, 5) is 3.96. The molecule has 1 saturated carbocycles. The standard InChI is InChI=1S/C13H22N4O2S/c1-3-10-4-5-11(9(10)2)17-20(18,19)13-8-15-7-6-12(13)16-14/h6-11,17H,3-5,14H2,1-2H3,(H,15,16). The molecule has 6 nitrogen and oxygen atoms in total. The molecule has 7 heteroatoms. The molecular weight excluding hydrogens is 276 g/mol. The molecule has 0 aromatic carbocycles. The number of hydrogen-bond donors (Lipinski definition) is 3. The van der Waals surface area contributed by atoms with Crippen molar-refractivity contribution in [1.82, 2.24) is 9.71 Å². The van der Waals surface area contributed by atoms with Gasteiger partial charge in [0.1, 0.15) is 4.90 Å². The SMILES string of the molecule is CCC1CCC(NS(=O)(=O)c2cnccc2NN)C1C. The Labute approximate surface area is 120 Å². The largest absolute Gasteiger partial charge is 0.323 e. The first kappa shape index (κ1) is 15.2. The van der Waals surface area contributed by atoms with E-state index in [1.807, 2.05) is 0 Å². The van der Waals surface area contributed by atoms with E-state index in [4.69, 9.17) is 5.84 Å². The summed E-state index contributed by atoms with van der Waals surface area (Å²) in [5.41, 5.74) is 2.75. The normalized spacial score (nSPS) is 26.6. The highest BCUT2D eigenvalue weighted by atomic mass is 32.2. The van der Waals surface area contributed by atoms with E-state index in [1.165, 1.54) is 12.4 Å². The minimum Gasteiger partial charge on any atom is -0.323 e. The third-order valence-corrected chi connectivity index (χ3v) is 5.80. The fourth-order valence-electron chi connectivity index (χ4n) is 2.97. The summed E-state index contributed by atoms with van der Waals surface area (Å²) in [6.45, 7) is 4.26. The predicted octanol–water partition coefficient (Wildman–Crippen LogP) is 1.47. The second-order valence-corrected chi connectivity index (χ2v) is 7.03. The van der Waals surface area contributed by atoms with E-state index < -0.39 is 10.0 Å². The van der Waals surface area contributed by atoms with Crippen LogP contribution in [0.25, 0.3) is 0 Å². The maximum absolute atomic E-state index is 12.5. The molecule has 112 valence electrons. The van der Waals surface area contributed by atoms with Crippen LogP contribution in [-0.2, 0) is 10.0 Å². The summed E-state index contributed by atoms with van der Waals surface area (Å²) >= 11 is 0. The number of hydrogen-bond acceptors (Lipinski definition) is 5. The van der Waals surface area contributed by atoms with Crippen molar-refractivity contribution >= 4 is 15.7 Å². The van der Waals surface area contributed by atoms with E-state index in [9.17, 15) is 8.42 Å². The molecule has 20 heavy (non-hydrogen) atoms. The van der Waals surface area contributed by atoms with Gasteiger partial charge in [-0.3, -0.25) is 10.8 Å². The lowest BCUT2D eigenvalue weighted by Crippen LogP contribution is -2.38. The number of anilines is 1. The van der Waals surface area contributed by atoms with Gasteiger partial charge in [0.05, 0.1) is 5.69 Å². The van der Waals surface area contributed by atoms with Crippen LogP contribution in [-0.4, -0.2) is 19.4 Å². The first-order chi connectivity index (χ1) is 9.49. The number of aromatic nitrogens is 1. The van der Waals surface area contributed by atoms with Crippen molar-refractivity contribution in [3.63, 3.8) is 0 Å². The molecule has 1 heterocycles. The zero-order chi connectivity index (χ0) is 14.8. The molecule has 0 bridgehead atoms. The Balaban J connectivity index is 2.20. The quantitative estimate of drug-likeness (QED) is 0.565. The smallest absolute Gasteiger partial charge is 0.244 e. The lowest BCUT2D eigenvalue weighted by atomic mass is 9.94. The fraction of sp³-hybridized carbons (Fsp3) is 0.615. The van der Waals surface area contributed by atoms with Gasteiger partial charge in [-0.1, -0.05) is 20.3 Å². The van der Waals surface area contributed by atoms with Crippen molar-refractivity contribution in [2.24, 2.45) is 17.7 Å². The lowest BCUT2D eigenvalue weighted by molar-refractivity contribution is 0.368. The molecule has 3 atom stereocenters. The molecule has 0 radical (unpaired) electrons. The minimum atomic E-state index is -3.61. The molecule has 1 aromatic heterocycles. The predicted molar refractivity (Wildman–Crippen MR) is 78.3 cm³/mol. The summed E-state index contributed by atoms with van der Waals surface area (Å²) in [6, 6.07) is 1.53. The summed E-state index contributed by atoms with van der Waals surface area (Å²) in [6.07, 6.45) is 5.85. The highest BCUT2D eigenvalue weighted by Crippen LogP contribution is 2.35. The zero-order valence-electron chi connectivity index (χ0n) is 11.8. The second-order valence-electron chi connectivity index (χ2n) is 5.35. The Bertz CT molecular complexity index is 561. The molecule has 1 aliphatic rings. The summed E-state index contributed by atoms with van der Waals surface area (Å²) in [5, 5.41) is 0. The molecule has 4 N–H and O–H groups in total. The van der Waals surface area contributed by atoms with E-state index in [-0.39, 0.29) is 10.9 Å². The van der Waals surface area contributed by atoms with Crippen LogP contribution in [0, 0.1) is 11.8 Å². The van der Waals surface area contributed by atoms with Crippen molar-refractivity contribution in [3.05, 3.63) is 18.5 Å². The minimum absolute atomic E-state index is 0.0178. The van der Waals surface area contributed by atoms with Gasteiger partial charge in [0.2, 0.25) is 10.0 Å². The van der Waals surface area contributed by atoms with Crippen LogP contribution in [0.4, 0.5) is 5.69 Å². The van der Waals surface area contributed by atoms with E-state index in [2.05, 4.69) is 29.0 Å². The Kier molecular flexibility index (Phi) is 4.62. The average molecular weight is 298 g/mol. The van der Waals surface area contributed by atoms with Crippen LogP contribution >= 0.6 is 0 Å². The molecular formula is C13H22N4O2S. The highest BCUT2D eigenvalue weighted by molar-refractivity contribution is 7.89. The molecule has 0 saturated heterocycles. The highest BCUT2D eigenvalue weighted by Gasteiger charge is 2.35. The van der Waals surface area contributed by atoms with Gasteiger partial charge >= 0.3 is 0 Å². The van der Waals surface area contributed by atoms with E-state index in [0.29, 0.717) is 17.5 Å². The maximum Gasteiger partial charge on any atom is 0.244 e. The van der Waals surface area contributed by atoms with Crippen molar-refractivity contribution < 1.29 is 8.42 Å². The number of nitrogens with one attached hydrogen (secondary N) is 2. The third kappa shape index (κ3) is 2.94. The van der Waals surface area contributed by atoms with Gasteiger partial charge < -0.3 is 5.43 Å². The maximum atomic E-state index is 12.5. The molecule has 1 aliphatic carbocycles. The molecule has 1 fully saturated rings. The number of pyridine rings is 1. The second kappa shape index (κ2) is 6.07. The van der Waals surface area contributed by atoms with Gasteiger partial charge in [-0.2, -0.15) is 0 Å². The van der Waals surface area contributed by atoms with Crippen LogP contribution < -0.4 is 16.0 Å². The van der Waals surface area contributed by atoms with Crippen LogP contribution in [0.5, 0.6) is 0 Å². The molecule has 1 aromatic rings. The van der Waals surface area contributed by atoms with E-state index in [0.717, 1.165) is 19.3 Å². The number of nitrogens with two attached hydrogens (primary N) is 1. The van der Waals surface area contributed by atoms with E-state index >= 15 is 0 Å². The number of hydrazine groups is 1. The van der Waals surface area contributed by atoms with Crippen molar-refractivity contribution in [1.29, 1.82) is 0 Å². The van der Waals surface area contributed by atoms with Crippen molar-refractivity contribution in [2.45, 2.75) is 44.0 Å². The topological polar surface area (TPSA) is 97.1 Å². The van der Waals surface area contributed by atoms with Crippen LogP contribution in [0.2, 0.25) is 0 Å². The Morgan fingerprint density at radius 2 is 2.20 bits per heavy atom. The number of rotatable bonds is 5. The molecule has 0 aliphatic heterocycles. The van der Waals surface area contributed by atoms with Crippen LogP contribution in [0.1, 0.15) is 33.1 Å². The molecule has 3 unspecified atom stereocenters. The monoisotopic (exact) mass is 298 g/mol. The van der Waals surface area contributed by atoms with Crippen LogP contribution in [0.3, 0.4) is 0 Å². The van der Waals surface area contributed by atoms with E-state index in [1.54, 1.807) is 6.07 Å². The zero-order valence-corrected chi connectivity index (χ0v) is 12.7.